The fraction of sp³-hybridized carbons (Fsp3) is 0.235. The highest BCUT2D eigenvalue weighted by molar-refractivity contribution is 8.00. The number of benzene rings is 1. The number of ether oxygens (including phenoxy) is 1. The number of rotatable bonds is 7. The molecule has 0 spiro atoms. The lowest BCUT2D eigenvalue weighted by Gasteiger charge is -2.16. The van der Waals surface area contributed by atoms with Crippen molar-refractivity contribution in [1.82, 2.24) is 0 Å². The minimum Gasteiger partial charge on any atom is -0.452 e. The summed E-state index contributed by atoms with van der Waals surface area (Å²) in [5.41, 5.74) is 5.45. The van der Waals surface area contributed by atoms with E-state index in [-0.39, 0.29) is 5.56 Å². The summed E-state index contributed by atoms with van der Waals surface area (Å²) in [7, 11) is 0. The van der Waals surface area contributed by atoms with Crippen LogP contribution >= 0.6 is 34.7 Å². The van der Waals surface area contributed by atoms with Crippen molar-refractivity contribution in [2.24, 2.45) is 5.73 Å². The zero-order valence-corrected chi connectivity index (χ0v) is 16.4. The molecule has 0 fully saturated rings. The lowest BCUT2D eigenvalue weighted by atomic mass is 10.3. The van der Waals surface area contributed by atoms with Crippen LogP contribution in [0.1, 0.15) is 24.2 Å². The first kappa shape index (κ1) is 20.3. The van der Waals surface area contributed by atoms with Crippen molar-refractivity contribution in [2.45, 2.75) is 30.1 Å². The third kappa shape index (κ3) is 5.48. The molecule has 2 atom stereocenters. The average Bonchev–Trinajstić information content (AvgIpc) is 3.05. The number of carbonyl (C=O) groups is 3. The van der Waals surface area contributed by atoms with Crippen LogP contribution in [0.15, 0.2) is 40.6 Å². The molecule has 0 bridgehead atoms. The fourth-order valence-electron chi connectivity index (χ4n) is 1.90. The molecule has 2 aromatic rings. The summed E-state index contributed by atoms with van der Waals surface area (Å²) in [6.45, 7) is 3.15. The lowest BCUT2D eigenvalue weighted by Crippen LogP contribution is -2.32. The molecular weight excluding hydrogens is 396 g/mol. The largest absolute Gasteiger partial charge is 0.452 e. The zero-order valence-electron chi connectivity index (χ0n) is 14.0. The molecule has 138 valence electrons. The van der Waals surface area contributed by atoms with Crippen molar-refractivity contribution in [3.63, 3.8) is 0 Å². The molecule has 1 aromatic carbocycles. The van der Waals surface area contributed by atoms with Crippen LogP contribution in [0.3, 0.4) is 0 Å². The van der Waals surface area contributed by atoms with Crippen LogP contribution < -0.4 is 11.1 Å². The quantitative estimate of drug-likeness (QED) is 0.535. The Morgan fingerprint density at radius 3 is 2.46 bits per heavy atom. The van der Waals surface area contributed by atoms with Crippen LogP contribution in [0.5, 0.6) is 0 Å². The fourth-order valence-corrected chi connectivity index (χ4v) is 3.68. The highest BCUT2D eigenvalue weighted by Gasteiger charge is 2.24. The third-order valence-electron chi connectivity index (χ3n) is 3.29. The standard InChI is InChI=1S/C17H17ClN2O4S2/c1-9(15(22)20-16-13(14(19)21)7-8-25-16)24-17(23)10(2)26-12-5-3-11(18)4-6-12/h3-10H,1-2H3,(H2,19,21)(H,20,22)/t9-,10+/m0/s1. The number of thioether (sulfide) groups is 1. The molecule has 6 nitrogen and oxygen atoms in total. The van der Waals surface area contributed by atoms with Gasteiger partial charge in [-0.1, -0.05) is 11.6 Å². The van der Waals surface area contributed by atoms with E-state index in [0.717, 1.165) is 16.2 Å². The molecule has 1 heterocycles. The summed E-state index contributed by atoms with van der Waals surface area (Å²) in [5.74, 6) is -1.69. The number of hydrogen-bond acceptors (Lipinski definition) is 6. The number of nitrogens with two attached hydrogens (primary N) is 1. The number of esters is 1. The number of nitrogens with one attached hydrogen (secondary N) is 1. The van der Waals surface area contributed by atoms with Gasteiger partial charge >= 0.3 is 5.97 Å². The van der Waals surface area contributed by atoms with Crippen molar-refractivity contribution in [1.29, 1.82) is 0 Å². The minimum absolute atomic E-state index is 0.216. The van der Waals surface area contributed by atoms with Gasteiger partial charge in [-0.3, -0.25) is 14.4 Å². The van der Waals surface area contributed by atoms with Crippen LogP contribution in [0.2, 0.25) is 5.02 Å². The van der Waals surface area contributed by atoms with E-state index in [2.05, 4.69) is 5.32 Å². The second kappa shape index (κ2) is 9.07. The summed E-state index contributed by atoms with van der Waals surface area (Å²) in [5, 5.41) is 4.62. The SMILES string of the molecule is C[C@H](OC(=O)[C@@H](C)Sc1ccc(Cl)cc1)C(=O)Nc1sccc1C(N)=O. The molecule has 9 heteroatoms. The molecule has 0 saturated heterocycles. The van der Waals surface area contributed by atoms with Crippen molar-refractivity contribution in [2.75, 3.05) is 5.32 Å². The van der Waals surface area contributed by atoms with Gasteiger partial charge in [-0.15, -0.1) is 23.1 Å². The summed E-state index contributed by atoms with van der Waals surface area (Å²) in [6.07, 6.45) is -1.02. The van der Waals surface area contributed by atoms with Crippen molar-refractivity contribution >= 4 is 57.5 Å². The van der Waals surface area contributed by atoms with E-state index < -0.39 is 29.1 Å². The maximum Gasteiger partial charge on any atom is 0.319 e. The maximum absolute atomic E-state index is 12.2. The Labute approximate surface area is 164 Å². The minimum atomic E-state index is -1.02. The molecule has 0 aliphatic rings. The molecule has 1 aromatic heterocycles. The highest BCUT2D eigenvalue weighted by Crippen LogP contribution is 2.26. The smallest absolute Gasteiger partial charge is 0.319 e. The Kier molecular flexibility index (Phi) is 7.07. The number of carbonyl (C=O) groups excluding carboxylic acids is 3. The van der Waals surface area contributed by atoms with Crippen LogP contribution in [0.4, 0.5) is 5.00 Å². The Morgan fingerprint density at radius 1 is 1.19 bits per heavy atom. The van der Waals surface area contributed by atoms with Gasteiger partial charge in [-0.25, -0.2) is 0 Å². The lowest BCUT2D eigenvalue weighted by molar-refractivity contribution is -0.152. The number of halogens is 1. The Hall–Kier alpha value is -2.03. The molecule has 0 aliphatic carbocycles. The molecule has 2 rings (SSSR count). The van der Waals surface area contributed by atoms with Crippen LogP contribution in [0.25, 0.3) is 0 Å². The van der Waals surface area contributed by atoms with E-state index >= 15 is 0 Å². The second-order valence-corrected chi connectivity index (χ2v) is 8.08. The van der Waals surface area contributed by atoms with E-state index in [1.807, 2.05) is 0 Å². The molecule has 0 unspecified atom stereocenters. The molecule has 0 saturated carbocycles. The Bertz CT molecular complexity index is 807. The zero-order chi connectivity index (χ0) is 19.3. The number of hydrogen-bond donors (Lipinski definition) is 2. The average molecular weight is 413 g/mol. The van der Waals surface area contributed by atoms with Crippen molar-refractivity contribution in [3.05, 3.63) is 46.3 Å². The predicted molar refractivity (Wildman–Crippen MR) is 104 cm³/mol. The first-order chi connectivity index (χ1) is 12.3. The van der Waals surface area contributed by atoms with E-state index in [0.29, 0.717) is 10.0 Å². The van der Waals surface area contributed by atoms with Gasteiger partial charge in [0.05, 0.1) is 5.56 Å². The second-order valence-electron chi connectivity index (χ2n) is 5.31. The number of thiophene rings is 1. The molecule has 26 heavy (non-hydrogen) atoms. The first-order valence-corrected chi connectivity index (χ1v) is 9.72. The van der Waals surface area contributed by atoms with Gasteiger partial charge in [0.2, 0.25) is 0 Å². The van der Waals surface area contributed by atoms with Gasteiger partial charge in [0, 0.05) is 9.92 Å². The van der Waals surface area contributed by atoms with Gasteiger partial charge in [0.15, 0.2) is 6.10 Å². The van der Waals surface area contributed by atoms with E-state index in [4.69, 9.17) is 22.1 Å². The maximum atomic E-state index is 12.2. The Balaban J connectivity index is 1.90. The molecule has 3 N–H and O–H groups in total. The Morgan fingerprint density at radius 2 is 1.85 bits per heavy atom. The molecular formula is C17H17ClN2O4S2. The van der Waals surface area contributed by atoms with Gasteiger partial charge in [-0.05, 0) is 49.6 Å². The molecule has 2 amide bonds. The molecule has 0 aliphatic heterocycles. The first-order valence-electron chi connectivity index (χ1n) is 7.58. The van der Waals surface area contributed by atoms with Gasteiger partial charge in [0.25, 0.3) is 11.8 Å². The van der Waals surface area contributed by atoms with Crippen LogP contribution in [-0.2, 0) is 14.3 Å². The summed E-state index contributed by atoms with van der Waals surface area (Å²) in [4.78, 5) is 36.5. The predicted octanol–water partition coefficient (Wildman–Crippen LogP) is 3.55. The van der Waals surface area contributed by atoms with Crippen LogP contribution in [0, 0.1) is 0 Å². The molecule has 0 radical (unpaired) electrons. The van der Waals surface area contributed by atoms with Crippen molar-refractivity contribution < 1.29 is 19.1 Å². The van der Waals surface area contributed by atoms with E-state index in [9.17, 15) is 14.4 Å². The van der Waals surface area contributed by atoms with Crippen molar-refractivity contribution in [3.8, 4) is 0 Å². The van der Waals surface area contributed by atoms with E-state index in [1.165, 1.54) is 24.8 Å². The summed E-state index contributed by atoms with van der Waals surface area (Å²) in [6, 6.07) is 8.58. The van der Waals surface area contributed by atoms with E-state index in [1.54, 1.807) is 36.6 Å². The summed E-state index contributed by atoms with van der Waals surface area (Å²) >= 11 is 8.30. The third-order valence-corrected chi connectivity index (χ3v) is 5.46. The van der Waals surface area contributed by atoms with Crippen LogP contribution in [-0.4, -0.2) is 29.1 Å². The topological polar surface area (TPSA) is 98.5 Å². The number of amides is 2. The highest BCUT2D eigenvalue weighted by atomic mass is 35.5. The van der Waals surface area contributed by atoms with Gasteiger partial charge in [-0.2, -0.15) is 0 Å². The number of anilines is 1. The number of primary amides is 1. The normalized spacial score (nSPS) is 12.9. The van der Waals surface area contributed by atoms with Gasteiger partial charge < -0.3 is 15.8 Å². The monoisotopic (exact) mass is 412 g/mol. The summed E-state index contributed by atoms with van der Waals surface area (Å²) < 4.78 is 5.21. The van der Waals surface area contributed by atoms with Gasteiger partial charge in [0.1, 0.15) is 10.3 Å².